The first-order valence-corrected chi connectivity index (χ1v) is 8.84. The summed E-state index contributed by atoms with van der Waals surface area (Å²) in [6, 6.07) is 1.31. The molecule has 1 fully saturated rings. The van der Waals surface area contributed by atoms with Crippen molar-refractivity contribution in [2.75, 3.05) is 11.9 Å². The second kappa shape index (κ2) is 6.90. The van der Waals surface area contributed by atoms with Crippen molar-refractivity contribution in [1.82, 2.24) is 10.3 Å². The molecule has 0 spiro atoms. The molecule has 1 aromatic rings. The molecule has 1 saturated carbocycles. The standard InChI is InChI=1S/C16H29N3S/c1-6-11(3)15-14(10-17-13-8-9-13)20-16(18-15)19(5)12(4)7-2/h11-13,17H,6-10H2,1-5H3. The van der Waals surface area contributed by atoms with Gasteiger partial charge in [-0.05, 0) is 38.5 Å². The minimum Gasteiger partial charge on any atom is -0.348 e. The number of anilines is 1. The Labute approximate surface area is 127 Å². The Kier molecular flexibility index (Phi) is 5.44. The number of aromatic nitrogens is 1. The first-order chi connectivity index (χ1) is 9.56. The molecule has 1 aliphatic carbocycles. The monoisotopic (exact) mass is 295 g/mol. The minimum atomic E-state index is 0.551. The van der Waals surface area contributed by atoms with Gasteiger partial charge in [0, 0.05) is 30.6 Å². The Morgan fingerprint density at radius 2 is 2.00 bits per heavy atom. The van der Waals surface area contributed by atoms with Gasteiger partial charge in [0.05, 0.1) is 5.69 Å². The molecule has 2 atom stereocenters. The fraction of sp³-hybridized carbons (Fsp3) is 0.812. The second-order valence-corrected chi connectivity index (χ2v) is 7.20. The number of hydrogen-bond acceptors (Lipinski definition) is 4. The van der Waals surface area contributed by atoms with Gasteiger partial charge in [0.2, 0.25) is 0 Å². The summed E-state index contributed by atoms with van der Waals surface area (Å²) in [6.07, 6.45) is 5.01. The molecule has 0 bridgehead atoms. The maximum atomic E-state index is 4.95. The van der Waals surface area contributed by atoms with Gasteiger partial charge in [0.15, 0.2) is 5.13 Å². The van der Waals surface area contributed by atoms with Crippen molar-refractivity contribution in [1.29, 1.82) is 0 Å². The van der Waals surface area contributed by atoms with E-state index >= 15 is 0 Å². The third kappa shape index (κ3) is 3.73. The maximum Gasteiger partial charge on any atom is 0.185 e. The third-order valence-corrected chi connectivity index (χ3v) is 5.64. The molecule has 1 aromatic heterocycles. The van der Waals surface area contributed by atoms with Gasteiger partial charge in [-0.1, -0.05) is 20.8 Å². The summed E-state index contributed by atoms with van der Waals surface area (Å²) in [4.78, 5) is 8.72. The molecule has 20 heavy (non-hydrogen) atoms. The molecule has 1 aliphatic rings. The van der Waals surface area contributed by atoms with E-state index < -0.39 is 0 Å². The molecule has 1 N–H and O–H groups in total. The number of hydrogen-bond donors (Lipinski definition) is 1. The van der Waals surface area contributed by atoms with E-state index in [2.05, 4.69) is 45.0 Å². The van der Waals surface area contributed by atoms with Crippen LogP contribution in [0.5, 0.6) is 0 Å². The van der Waals surface area contributed by atoms with E-state index in [1.807, 2.05) is 11.3 Å². The van der Waals surface area contributed by atoms with Gasteiger partial charge >= 0.3 is 0 Å². The molecule has 0 saturated heterocycles. The lowest BCUT2D eigenvalue weighted by atomic mass is 10.0. The van der Waals surface area contributed by atoms with Gasteiger partial charge in [-0.15, -0.1) is 11.3 Å². The summed E-state index contributed by atoms with van der Waals surface area (Å²) >= 11 is 1.88. The summed E-state index contributed by atoms with van der Waals surface area (Å²) < 4.78 is 0. The largest absolute Gasteiger partial charge is 0.348 e. The van der Waals surface area contributed by atoms with Crippen molar-refractivity contribution in [3.63, 3.8) is 0 Å². The highest BCUT2D eigenvalue weighted by molar-refractivity contribution is 7.15. The van der Waals surface area contributed by atoms with Crippen LogP contribution in [0.4, 0.5) is 5.13 Å². The quantitative estimate of drug-likeness (QED) is 0.781. The number of nitrogens with one attached hydrogen (secondary N) is 1. The second-order valence-electron chi connectivity index (χ2n) is 6.14. The van der Waals surface area contributed by atoms with Crippen molar-refractivity contribution in [2.45, 2.75) is 77.9 Å². The molecule has 1 heterocycles. The van der Waals surface area contributed by atoms with Crippen LogP contribution in [-0.4, -0.2) is 24.1 Å². The Hall–Kier alpha value is -0.610. The van der Waals surface area contributed by atoms with E-state index in [4.69, 9.17) is 4.98 Å². The van der Waals surface area contributed by atoms with Crippen molar-refractivity contribution in [3.8, 4) is 0 Å². The summed E-state index contributed by atoms with van der Waals surface area (Å²) in [5.41, 5.74) is 1.32. The SMILES string of the molecule is CCC(C)c1nc(N(C)C(C)CC)sc1CNC1CC1. The fourth-order valence-electron chi connectivity index (χ4n) is 2.19. The van der Waals surface area contributed by atoms with Gasteiger partial charge < -0.3 is 10.2 Å². The molecular weight excluding hydrogens is 266 g/mol. The van der Waals surface area contributed by atoms with Crippen LogP contribution < -0.4 is 10.2 Å². The minimum absolute atomic E-state index is 0.551. The molecule has 114 valence electrons. The van der Waals surface area contributed by atoms with Gasteiger partial charge in [-0.3, -0.25) is 0 Å². The lowest BCUT2D eigenvalue weighted by Crippen LogP contribution is -2.27. The van der Waals surface area contributed by atoms with Gasteiger partial charge in [-0.2, -0.15) is 0 Å². The first-order valence-electron chi connectivity index (χ1n) is 8.02. The van der Waals surface area contributed by atoms with Gasteiger partial charge in [0.1, 0.15) is 0 Å². The van der Waals surface area contributed by atoms with Crippen LogP contribution in [0, 0.1) is 0 Å². The lowest BCUT2D eigenvalue weighted by molar-refractivity contribution is 0.649. The normalized spacial score (nSPS) is 18.1. The average Bonchev–Trinajstić information content (AvgIpc) is 3.20. The van der Waals surface area contributed by atoms with Crippen LogP contribution in [-0.2, 0) is 6.54 Å². The van der Waals surface area contributed by atoms with Crippen LogP contribution >= 0.6 is 11.3 Å². The lowest BCUT2D eigenvalue weighted by Gasteiger charge is -2.22. The topological polar surface area (TPSA) is 28.2 Å². The Morgan fingerprint density at radius 1 is 1.30 bits per heavy atom. The Balaban J connectivity index is 2.15. The highest BCUT2D eigenvalue weighted by Crippen LogP contribution is 2.33. The predicted octanol–water partition coefficient (Wildman–Crippen LogP) is 4.14. The van der Waals surface area contributed by atoms with E-state index in [1.165, 1.54) is 28.5 Å². The van der Waals surface area contributed by atoms with Crippen LogP contribution in [0.3, 0.4) is 0 Å². The highest BCUT2D eigenvalue weighted by atomic mass is 32.1. The van der Waals surface area contributed by atoms with Crippen LogP contribution in [0.25, 0.3) is 0 Å². The molecule has 0 amide bonds. The summed E-state index contributed by atoms with van der Waals surface area (Å²) in [5.74, 6) is 0.557. The Bertz CT molecular complexity index is 425. The molecule has 0 radical (unpaired) electrons. The zero-order valence-electron chi connectivity index (χ0n) is 13.6. The maximum absolute atomic E-state index is 4.95. The highest BCUT2D eigenvalue weighted by Gasteiger charge is 2.23. The van der Waals surface area contributed by atoms with E-state index in [1.54, 1.807) is 0 Å². The van der Waals surface area contributed by atoms with Crippen molar-refractivity contribution in [2.24, 2.45) is 0 Å². The molecule has 3 nitrogen and oxygen atoms in total. The zero-order valence-corrected chi connectivity index (χ0v) is 14.4. The van der Waals surface area contributed by atoms with Crippen molar-refractivity contribution in [3.05, 3.63) is 10.6 Å². The van der Waals surface area contributed by atoms with Crippen LogP contribution in [0.2, 0.25) is 0 Å². The summed E-state index contributed by atoms with van der Waals surface area (Å²) in [6.45, 7) is 10.0. The molecule has 2 rings (SSSR count). The predicted molar refractivity (Wildman–Crippen MR) is 88.8 cm³/mol. The summed E-state index contributed by atoms with van der Waals surface area (Å²) in [7, 11) is 2.17. The zero-order chi connectivity index (χ0) is 14.7. The van der Waals surface area contributed by atoms with Crippen molar-refractivity contribution < 1.29 is 0 Å². The van der Waals surface area contributed by atoms with E-state index in [0.29, 0.717) is 12.0 Å². The first kappa shape index (κ1) is 15.8. The smallest absolute Gasteiger partial charge is 0.185 e. The van der Waals surface area contributed by atoms with E-state index in [9.17, 15) is 0 Å². The molecule has 0 aliphatic heterocycles. The number of rotatable bonds is 8. The molecule has 4 heteroatoms. The molecule has 2 unspecified atom stereocenters. The third-order valence-electron chi connectivity index (χ3n) is 4.48. The van der Waals surface area contributed by atoms with Crippen LogP contribution in [0.15, 0.2) is 0 Å². The average molecular weight is 295 g/mol. The Morgan fingerprint density at radius 3 is 2.55 bits per heavy atom. The van der Waals surface area contributed by atoms with Gasteiger partial charge in [-0.25, -0.2) is 4.98 Å². The number of nitrogens with zero attached hydrogens (tertiary/aromatic N) is 2. The molecular formula is C16H29N3S. The van der Waals surface area contributed by atoms with E-state index in [-0.39, 0.29) is 0 Å². The fourth-order valence-corrected chi connectivity index (χ4v) is 3.39. The number of thiazole rings is 1. The summed E-state index contributed by atoms with van der Waals surface area (Å²) in [5, 5.41) is 4.82. The van der Waals surface area contributed by atoms with Gasteiger partial charge in [0.25, 0.3) is 0 Å². The van der Waals surface area contributed by atoms with E-state index in [0.717, 1.165) is 25.4 Å². The van der Waals surface area contributed by atoms with Crippen LogP contribution in [0.1, 0.15) is 69.9 Å². The van der Waals surface area contributed by atoms with Crippen molar-refractivity contribution >= 4 is 16.5 Å². The molecule has 0 aromatic carbocycles.